The smallest absolute Gasteiger partial charge is 0.257 e. The first kappa shape index (κ1) is 20.4. The molecular formula is C25H23N7O. The fourth-order valence-corrected chi connectivity index (χ4v) is 3.96. The van der Waals surface area contributed by atoms with Crippen molar-refractivity contribution in [1.29, 1.82) is 0 Å². The van der Waals surface area contributed by atoms with Gasteiger partial charge in [0.05, 0.1) is 12.2 Å². The van der Waals surface area contributed by atoms with Gasteiger partial charge in [0.1, 0.15) is 11.8 Å². The number of carbonyl (C=O) groups is 1. The van der Waals surface area contributed by atoms with E-state index in [9.17, 15) is 4.79 Å². The highest BCUT2D eigenvalue weighted by molar-refractivity contribution is 6.05. The van der Waals surface area contributed by atoms with Crippen LogP contribution in [0.4, 0.5) is 11.6 Å². The van der Waals surface area contributed by atoms with Gasteiger partial charge in [-0.1, -0.05) is 42.5 Å². The van der Waals surface area contributed by atoms with Gasteiger partial charge in [-0.2, -0.15) is 10.2 Å². The molecule has 0 fully saturated rings. The number of hydrogen-bond donors (Lipinski definition) is 2. The third-order valence-electron chi connectivity index (χ3n) is 5.62. The number of nitrogen functional groups attached to an aromatic ring is 1. The highest BCUT2D eigenvalue weighted by Gasteiger charge is 2.16. The fraction of sp³-hybridized carbons (Fsp3) is 0.120. The molecule has 0 aliphatic heterocycles. The summed E-state index contributed by atoms with van der Waals surface area (Å²) >= 11 is 0. The molecule has 0 saturated carbocycles. The number of hydrogen-bond acceptors (Lipinski definition) is 5. The monoisotopic (exact) mass is 437 g/mol. The zero-order chi connectivity index (χ0) is 22.9. The lowest BCUT2D eigenvalue weighted by Crippen LogP contribution is -2.14. The number of aryl methyl sites for hydroxylation is 2. The average molecular weight is 438 g/mol. The molecule has 8 heteroatoms. The van der Waals surface area contributed by atoms with E-state index in [1.165, 1.54) is 6.33 Å². The Bertz CT molecular complexity index is 1470. The van der Waals surface area contributed by atoms with Crippen LogP contribution in [0.5, 0.6) is 0 Å². The summed E-state index contributed by atoms with van der Waals surface area (Å²) < 4.78 is 3.56. The topological polar surface area (TPSA) is 103 Å². The minimum atomic E-state index is -0.217. The van der Waals surface area contributed by atoms with Crippen molar-refractivity contribution >= 4 is 23.1 Å². The highest BCUT2D eigenvalue weighted by atomic mass is 16.1. The van der Waals surface area contributed by atoms with Gasteiger partial charge < -0.3 is 11.1 Å². The van der Waals surface area contributed by atoms with Crippen molar-refractivity contribution in [2.45, 2.75) is 20.4 Å². The molecule has 3 aromatic heterocycles. The zero-order valence-corrected chi connectivity index (χ0v) is 18.4. The van der Waals surface area contributed by atoms with Gasteiger partial charge in [-0.05, 0) is 42.7 Å². The molecule has 164 valence electrons. The van der Waals surface area contributed by atoms with Crippen molar-refractivity contribution in [3.05, 3.63) is 95.4 Å². The molecule has 3 N–H and O–H groups in total. The number of aromatic nitrogens is 5. The molecule has 0 radical (unpaired) electrons. The first-order chi connectivity index (χ1) is 16.0. The number of amides is 1. The molecule has 8 nitrogen and oxygen atoms in total. The van der Waals surface area contributed by atoms with E-state index in [4.69, 9.17) is 5.73 Å². The first-order valence-corrected chi connectivity index (χ1v) is 10.6. The summed E-state index contributed by atoms with van der Waals surface area (Å²) in [7, 11) is 0. The number of rotatable bonds is 5. The van der Waals surface area contributed by atoms with Gasteiger partial charge in [0, 0.05) is 23.4 Å². The molecule has 0 aliphatic rings. The number of nitrogens with zero attached hydrogens (tertiary/aromatic N) is 5. The van der Waals surface area contributed by atoms with Gasteiger partial charge >= 0.3 is 0 Å². The second-order valence-electron chi connectivity index (χ2n) is 7.99. The van der Waals surface area contributed by atoms with Crippen LogP contribution in [0.2, 0.25) is 0 Å². The van der Waals surface area contributed by atoms with Gasteiger partial charge in [0.2, 0.25) is 0 Å². The Balaban J connectivity index is 1.41. The Morgan fingerprint density at radius 2 is 1.85 bits per heavy atom. The average Bonchev–Trinajstić information content (AvgIpc) is 3.39. The normalized spacial score (nSPS) is 11.1. The van der Waals surface area contributed by atoms with E-state index in [0.717, 1.165) is 33.5 Å². The van der Waals surface area contributed by atoms with Crippen molar-refractivity contribution < 1.29 is 4.79 Å². The maximum atomic E-state index is 13.1. The second kappa shape index (κ2) is 8.23. The molecule has 0 aliphatic carbocycles. The van der Waals surface area contributed by atoms with Crippen LogP contribution in [-0.4, -0.2) is 30.3 Å². The van der Waals surface area contributed by atoms with E-state index in [1.807, 2.05) is 74.6 Å². The Labute approximate surface area is 190 Å². The number of nitrogens with two attached hydrogens (primary N) is 1. The summed E-state index contributed by atoms with van der Waals surface area (Å²) in [5.41, 5.74) is 12.1. The van der Waals surface area contributed by atoms with Crippen molar-refractivity contribution in [3.63, 3.8) is 0 Å². The Hall–Kier alpha value is -4.46. The second-order valence-corrected chi connectivity index (χ2v) is 7.99. The minimum absolute atomic E-state index is 0.217. The molecule has 0 saturated heterocycles. The lowest BCUT2D eigenvalue weighted by atomic mass is 10.0. The molecule has 2 aromatic carbocycles. The van der Waals surface area contributed by atoms with Gasteiger partial charge in [-0.25, -0.2) is 9.50 Å². The van der Waals surface area contributed by atoms with E-state index in [1.54, 1.807) is 15.3 Å². The molecule has 0 spiro atoms. The minimum Gasteiger partial charge on any atom is -0.382 e. The third kappa shape index (κ3) is 3.94. The number of anilines is 2. The van der Waals surface area contributed by atoms with Gasteiger partial charge in [-0.3, -0.25) is 9.48 Å². The van der Waals surface area contributed by atoms with E-state index in [2.05, 4.69) is 20.5 Å². The number of nitrogens with one attached hydrogen (secondary N) is 1. The van der Waals surface area contributed by atoms with Crippen molar-refractivity contribution in [2.75, 3.05) is 11.1 Å². The van der Waals surface area contributed by atoms with Gasteiger partial charge in [-0.15, -0.1) is 0 Å². The van der Waals surface area contributed by atoms with Crippen molar-refractivity contribution in [1.82, 2.24) is 24.4 Å². The van der Waals surface area contributed by atoms with Crippen LogP contribution in [0.1, 0.15) is 27.0 Å². The lowest BCUT2D eigenvalue weighted by Gasteiger charge is -2.09. The van der Waals surface area contributed by atoms with Crippen LogP contribution in [-0.2, 0) is 6.54 Å². The molecule has 3 heterocycles. The summed E-state index contributed by atoms with van der Waals surface area (Å²) in [6, 6.07) is 19.6. The van der Waals surface area contributed by atoms with Crippen LogP contribution in [0, 0.1) is 13.8 Å². The summed E-state index contributed by atoms with van der Waals surface area (Å²) in [6.07, 6.45) is 3.28. The fourth-order valence-electron chi connectivity index (χ4n) is 3.96. The maximum Gasteiger partial charge on any atom is 0.257 e. The first-order valence-electron chi connectivity index (χ1n) is 10.6. The van der Waals surface area contributed by atoms with Crippen molar-refractivity contribution in [2.24, 2.45) is 0 Å². The van der Waals surface area contributed by atoms with E-state index >= 15 is 0 Å². The van der Waals surface area contributed by atoms with E-state index in [-0.39, 0.29) is 5.91 Å². The van der Waals surface area contributed by atoms with Crippen LogP contribution in [0.15, 0.2) is 73.2 Å². The third-order valence-corrected chi connectivity index (χ3v) is 5.62. The number of benzene rings is 2. The highest BCUT2D eigenvalue weighted by Crippen LogP contribution is 2.28. The Morgan fingerprint density at radius 1 is 1.03 bits per heavy atom. The molecular weight excluding hydrogens is 414 g/mol. The van der Waals surface area contributed by atoms with Crippen LogP contribution in [0.3, 0.4) is 0 Å². The molecule has 0 bridgehead atoms. The molecule has 5 aromatic rings. The van der Waals surface area contributed by atoms with Crippen LogP contribution >= 0.6 is 0 Å². The SMILES string of the molecule is Cc1ccc(-c2cc(C)c3c(N)ncnn23)cc1C(=O)Nc1ccn(Cc2ccccc2)n1. The zero-order valence-electron chi connectivity index (χ0n) is 18.4. The van der Waals surface area contributed by atoms with E-state index in [0.29, 0.717) is 23.7 Å². The molecule has 1 amide bonds. The predicted molar refractivity (Wildman–Crippen MR) is 128 cm³/mol. The quantitative estimate of drug-likeness (QED) is 0.431. The standard InChI is InChI=1S/C25H23N7O/c1-16-8-9-19(21-12-17(2)23-24(26)27-15-28-32(21)23)13-20(16)25(33)29-22-10-11-31(30-22)14-18-6-4-3-5-7-18/h3-13,15H,14H2,1-2H3,(H2,26,27,28)(H,29,30,33). The van der Waals surface area contributed by atoms with E-state index < -0.39 is 0 Å². The molecule has 33 heavy (non-hydrogen) atoms. The number of carbonyl (C=O) groups excluding carboxylic acids is 1. The summed E-state index contributed by atoms with van der Waals surface area (Å²) in [4.78, 5) is 17.2. The summed E-state index contributed by atoms with van der Waals surface area (Å²) in [5.74, 6) is 0.709. The Kier molecular flexibility index (Phi) is 5.10. The van der Waals surface area contributed by atoms with Gasteiger partial charge in [0.25, 0.3) is 5.91 Å². The molecule has 0 atom stereocenters. The lowest BCUT2D eigenvalue weighted by molar-refractivity contribution is 0.102. The van der Waals surface area contributed by atoms with Crippen molar-refractivity contribution in [3.8, 4) is 11.3 Å². The molecule has 5 rings (SSSR count). The summed E-state index contributed by atoms with van der Waals surface area (Å²) in [6.45, 7) is 4.51. The van der Waals surface area contributed by atoms with Crippen LogP contribution in [0.25, 0.3) is 16.8 Å². The van der Waals surface area contributed by atoms with Crippen LogP contribution < -0.4 is 11.1 Å². The van der Waals surface area contributed by atoms with Gasteiger partial charge in [0.15, 0.2) is 11.6 Å². The predicted octanol–water partition coefficient (Wildman–Crippen LogP) is 4.09. The largest absolute Gasteiger partial charge is 0.382 e. The molecule has 0 unspecified atom stereocenters. The maximum absolute atomic E-state index is 13.1. The summed E-state index contributed by atoms with van der Waals surface area (Å²) in [5, 5.41) is 11.8. The Morgan fingerprint density at radius 3 is 2.67 bits per heavy atom. The number of fused-ring (bicyclic) bond motifs is 1.